The minimum absolute atomic E-state index is 0.0735. The summed E-state index contributed by atoms with van der Waals surface area (Å²) >= 11 is 1.10. The predicted octanol–water partition coefficient (Wildman–Crippen LogP) is 5.85. The monoisotopic (exact) mass is 457 g/mol. The van der Waals surface area contributed by atoms with Crippen molar-refractivity contribution in [1.82, 2.24) is 4.31 Å². The topological polar surface area (TPSA) is 64.4 Å². The van der Waals surface area contributed by atoms with E-state index in [-0.39, 0.29) is 11.5 Å². The summed E-state index contributed by atoms with van der Waals surface area (Å²) in [7, 11) is 0. The standard InChI is InChI=1S/C23H18F3N3O2S/c1-32-29-21(15-10-8-14(13-27)9-11-15)20-18(6-3-7-19(20)30)28(22(29)31)17-5-2-4-16(12-17)23(24,25)26/h2,4-5,8-12,21H,3,6-7H2,1H3. The SMILES string of the molecule is CSN1C(=O)N(c2cccc(C(F)(F)F)c2)C2=C(C(=O)CCC2)C1c1ccc(C#N)cc1. The van der Waals surface area contributed by atoms with Crippen LogP contribution in [-0.4, -0.2) is 22.4 Å². The van der Waals surface area contributed by atoms with Crippen LogP contribution in [0.3, 0.4) is 0 Å². The molecule has 1 unspecified atom stereocenters. The maximum absolute atomic E-state index is 13.5. The Morgan fingerprint density at radius 3 is 2.44 bits per heavy atom. The van der Waals surface area contributed by atoms with E-state index in [1.807, 2.05) is 6.07 Å². The zero-order valence-electron chi connectivity index (χ0n) is 17.0. The highest BCUT2D eigenvalue weighted by atomic mass is 32.2. The fraction of sp³-hybridized carbons (Fsp3) is 0.261. The van der Waals surface area contributed by atoms with Crippen molar-refractivity contribution in [3.63, 3.8) is 0 Å². The fourth-order valence-corrected chi connectivity index (χ4v) is 4.82. The second kappa shape index (κ2) is 8.36. The van der Waals surface area contributed by atoms with Crippen molar-refractivity contribution in [2.45, 2.75) is 31.5 Å². The number of hydrogen-bond donors (Lipinski definition) is 0. The first kappa shape index (κ1) is 22.0. The quantitative estimate of drug-likeness (QED) is 0.543. The molecule has 164 valence electrons. The summed E-state index contributed by atoms with van der Waals surface area (Å²) in [5.74, 6) is -0.135. The molecular formula is C23H18F3N3O2S. The summed E-state index contributed by atoms with van der Waals surface area (Å²) in [5.41, 5.74) is 1.17. The summed E-state index contributed by atoms with van der Waals surface area (Å²) in [5, 5.41) is 9.08. The van der Waals surface area contributed by atoms with Gasteiger partial charge in [0.2, 0.25) is 0 Å². The van der Waals surface area contributed by atoms with Gasteiger partial charge in [-0.1, -0.05) is 18.2 Å². The molecule has 2 aromatic carbocycles. The molecule has 0 saturated carbocycles. The van der Waals surface area contributed by atoms with E-state index < -0.39 is 23.8 Å². The summed E-state index contributed by atoms with van der Waals surface area (Å²) < 4.78 is 41.3. The van der Waals surface area contributed by atoms with Crippen molar-refractivity contribution in [1.29, 1.82) is 5.26 Å². The Bertz CT molecular complexity index is 1150. The molecule has 4 rings (SSSR count). The number of nitrogens with zero attached hydrogens (tertiary/aromatic N) is 3. The molecule has 1 heterocycles. The van der Waals surface area contributed by atoms with Crippen molar-refractivity contribution >= 4 is 29.4 Å². The molecule has 9 heteroatoms. The van der Waals surface area contributed by atoms with Crippen LogP contribution in [0.4, 0.5) is 23.7 Å². The Morgan fingerprint density at radius 1 is 1.09 bits per heavy atom. The Labute approximate surface area is 187 Å². The van der Waals surface area contributed by atoms with Gasteiger partial charge in [0.15, 0.2) is 5.78 Å². The highest BCUT2D eigenvalue weighted by Crippen LogP contribution is 2.46. The molecule has 1 aliphatic heterocycles. The number of hydrogen-bond acceptors (Lipinski definition) is 4. The van der Waals surface area contributed by atoms with Crippen LogP contribution in [0.5, 0.6) is 0 Å². The van der Waals surface area contributed by atoms with E-state index in [1.54, 1.807) is 30.5 Å². The number of benzene rings is 2. The van der Waals surface area contributed by atoms with Gasteiger partial charge in [-0.2, -0.15) is 18.4 Å². The molecule has 2 aromatic rings. The van der Waals surface area contributed by atoms with Crippen LogP contribution in [0, 0.1) is 11.3 Å². The molecule has 1 atom stereocenters. The first-order valence-corrected chi connectivity index (χ1v) is 11.1. The molecular weight excluding hydrogens is 439 g/mol. The van der Waals surface area contributed by atoms with Gasteiger partial charge in [0, 0.05) is 23.9 Å². The Kier molecular flexibility index (Phi) is 5.73. The number of carbonyl (C=O) groups is 2. The number of allylic oxidation sites excluding steroid dienone is 1. The molecule has 2 aliphatic rings. The van der Waals surface area contributed by atoms with Gasteiger partial charge in [-0.25, -0.2) is 4.79 Å². The molecule has 2 amide bonds. The Balaban J connectivity index is 1.91. The molecule has 0 bridgehead atoms. The molecule has 0 spiro atoms. The van der Waals surface area contributed by atoms with Crippen molar-refractivity contribution in [2.75, 3.05) is 11.2 Å². The molecule has 0 radical (unpaired) electrons. The lowest BCUT2D eigenvalue weighted by Crippen LogP contribution is -2.49. The normalized spacial score (nSPS) is 19.2. The number of ketones is 1. The molecule has 5 nitrogen and oxygen atoms in total. The van der Waals surface area contributed by atoms with Crippen LogP contribution in [0.2, 0.25) is 0 Å². The summed E-state index contributed by atoms with van der Waals surface area (Å²) in [4.78, 5) is 27.8. The zero-order valence-corrected chi connectivity index (χ0v) is 17.8. The molecule has 0 N–H and O–H groups in total. The van der Waals surface area contributed by atoms with Crippen molar-refractivity contribution in [2.24, 2.45) is 0 Å². The maximum Gasteiger partial charge on any atom is 0.416 e. The van der Waals surface area contributed by atoms with Crippen LogP contribution in [0.25, 0.3) is 0 Å². The number of rotatable bonds is 3. The zero-order chi connectivity index (χ0) is 23.0. The third-order valence-electron chi connectivity index (χ3n) is 5.57. The van der Waals surface area contributed by atoms with Crippen molar-refractivity contribution in [3.8, 4) is 6.07 Å². The summed E-state index contributed by atoms with van der Waals surface area (Å²) in [6, 6.07) is 12.1. The van der Waals surface area contributed by atoms with E-state index in [4.69, 9.17) is 5.26 Å². The van der Waals surface area contributed by atoms with Crippen LogP contribution < -0.4 is 4.90 Å². The number of Topliss-reactive ketones (excluding diaryl/α,β-unsaturated/α-hetero) is 1. The van der Waals surface area contributed by atoms with Gasteiger partial charge in [-0.3, -0.25) is 14.0 Å². The van der Waals surface area contributed by atoms with Gasteiger partial charge in [0.1, 0.15) is 6.04 Å². The van der Waals surface area contributed by atoms with Crippen molar-refractivity contribution < 1.29 is 22.8 Å². The number of alkyl halides is 3. The lowest BCUT2D eigenvalue weighted by molar-refractivity contribution is -0.137. The highest BCUT2D eigenvalue weighted by Gasteiger charge is 2.45. The Morgan fingerprint density at radius 2 is 1.81 bits per heavy atom. The number of amides is 2. The number of urea groups is 1. The van der Waals surface area contributed by atoms with Crippen LogP contribution in [0.1, 0.15) is 42.0 Å². The van der Waals surface area contributed by atoms with E-state index in [9.17, 15) is 22.8 Å². The third-order valence-corrected chi connectivity index (χ3v) is 6.33. The van der Waals surface area contributed by atoms with Gasteiger partial charge in [-0.15, -0.1) is 0 Å². The second-order valence-electron chi connectivity index (χ2n) is 7.45. The number of carbonyl (C=O) groups excluding carboxylic acids is 2. The predicted molar refractivity (Wildman–Crippen MR) is 114 cm³/mol. The average Bonchev–Trinajstić information content (AvgIpc) is 2.78. The number of halogens is 3. The van der Waals surface area contributed by atoms with E-state index in [2.05, 4.69) is 0 Å². The molecule has 0 fully saturated rings. The van der Waals surface area contributed by atoms with E-state index in [1.165, 1.54) is 21.3 Å². The molecule has 1 aliphatic carbocycles. The van der Waals surface area contributed by atoms with Gasteiger partial charge in [-0.05, 0) is 60.7 Å². The second-order valence-corrected chi connectivity index (χ2v) is 8.21. The maximum atomic E-state index is 13.5. The number of nitriles is 1. The Hall–Kier alpha value is -3.25. The molecule has 0 aromatic heterocycles. The average molecular weight is 457 g/mol. The van der Waals surface area contributed by atoms with Crippen molar-refractivity contribution in [3.05, 3.63) is 76.5 Å². The van der Waals surface area contributed by atoms with Gasteiger partial charge < -0.3 is 0 Å². The smallest absolute Gasteiger partial charge is 0.294 e. The van der Waals surface area contributed by atoms with E-state index >= 15 is 0 Å². The van der Waals surface area contributed by atoms with E-state index in [0.717, 1.165) is 24.1 Å². The van der Waals surface area contributed by atoms with Gasteiger partial charge in [0.05, 0.1) is 22.9 Å². The van der Waals surface area contributed by atoms with Crippen LogP contribution >= 0.6 is 11.9 Å². The third kappa shape index (κ3) is 3.75. The lowest BCUT2D eigenvalue weighted by Gasteiger charge is -2.44. The van der Waals surface area contributed by atoms with Crippen LogP contribution in [0.15, 0.2) is 59.8 Å². The first-order chi connectivity index (χ1) is 15.3. The highest BCUT2D eigenvalue weighted by molar-refractivity contribution is 7.96. The lowest BCUT2D eigenvalue weighted by atomic mass is 9.84. The minimum atomic E-state index is -4.56. The fourth-order valence-electron chi connectivity index (χ4n) is 4.14. The van der Waals surface area contributed by atoms with E-state index in [0.29, 0.717) is 41.7 Å². The molecule has 32 heavy (non-hydrogen) atoms. The number of anilines is 1. The summed E-state index contributed by atoms with van der Waals surface area (Å²) in [6.45, 7) is 0. The van der Waals surface area contributed by atoms with Gasteiger partial charge >= 0.3 is 12.2 Å². The van der Waals surface area contributed by atoms with Gasteiger partial charge in [0.25, 0.3) is 0 Å². The molecule has 0 saturated heterocycles. The summed E-state index contributed by atoms with van der Waals surface area (Å²) in [6.07, 6.45) is -1.66. The minimum Gasteiger partial charge on any atom is -0.294 e. The largest absolute Gasteiger partial charge is 0.416 e. The first-order valence-electron chi connectivity index (χ1n) is 9.87. The van der Waals surface area contributed by atoms with Crippen LogP contribution in [-0.2, 0) is 11.0 Å².